The van der Waals surface area contributed by atoms with E-state index < -0.39 is 0 Å². The molecule has 0 unspecified atom stereocenters. The molecule has 0 atom stereocenters. The predicted octanol–water partition coefficient (Wildman–Crippen LogP) is 3.05. The summed E-state index contributed by atoms with van der Waals surface area (Å²) in [4.78, 5) is 8.90. The van der Waals surface area contributed by atoms with Crippen LogP contribution in [0.4, 0.5) is 0 Å². The second kappa shape index (κ2) is 10.2. The first-order valence-corrected chi connectivity index (χ1v) is 8.72. The zero-order valence-electron chi connectivity index (χ0n) is 16.2. The van der Waals surface area contributed by atoms with Crippen molar-refractivity contribution < 1.29 is 4.74 Å². The first kappa shape index (κ1) is 22.0. The molecule has 1 aliphatic heterocycles. The van der Waals surface area contributed by atoms with Crippen LogP contribution in [-0.4, -0.2) is 63.1 Å². The lowest BCUT2D eigenvalue weighted by molar-refractivity contribution is 0.261. The maximum Gasteiger partial charge on any atom is 0.193 e. The van der Waals surface area contributed by atoms with E-state index in [1.807, 2.05) is 19.2 Å². The Morgan fingerprint density at radius 1 is 1.36 bits per heavy atom. The quantitative estimate of drug-likeness (QED) is 0.403. The molecule has 1 heterocycles. The molecule has 0 saturated carbocycles. The number of halogens is 1. The third-order valence-electron chi connectivity index (χ3n) is 4.35. The number of ether oxygens (including phenoxy) is 1. The maximum absolute atomic E-state index is 5.81. The van der Waals surface area contributed by atoms with E-state index in [0.29, 0.717) is 12.0 Å². The zero-order chi connectivity index (χ0) is 17.6. The molecule has 0 aromatic heterocycles. The summed E-state index contributed by atoms with van der Waals surface area (Å²) in [5, 5.41) is 3.48. The van der Waals surface area contributed by atoms with Crippen molar-refractivity contribution >= 4 is 29.9 Å². The van der Waals surface area contributed by atoms with Crippen LogP contribution in [-0.2, 0) is 6.54 Å². The third kappa shape index (κ3) is 7.40. The van der Waals surface area contributed by atoms with Crippen molar-refractivity contribution in [2.45, 2.75) is 26.8 Å². The van der Waals surface area contributed by atoms with Crippen molar-refractivity contribution in [1.82, 2.24) is 15.1 Å². The molecule has 0 bridgehead atoms. The molecule has 1 aliphatic rings. The molecule has 1 saturated heterocycles. The first-order valence-electron chi connectivity index (χ1n) is 8.72. The molecule has 6 heteroatoms. The van der Waals surface area contributed by atoms with Crippen LogP contribution in [0.2, 0.25) is 0 Å². The molecule has 1 aromatic carbocycles. The number of nitrogens with one attached hydrogen (secondary N) is 1. The van der Waals surface area contributed by atoms with E-state index in [1.54, 1.807) is 0 Å². The second-order valence-corrected chi connectivity index (χ2v) is 7.54. The van der Waals surface area contributed by atoms with E-state index in [9.17, 15) is 0 Å². The normalized spacial score (nSPS) is 16.7. The smallest absolute Gasteiger partial charge is 0.193 e. The minimum absolute atomic E-state index is 0. The first-order chi connectivity index (χ1) is 11.4. The number of guanidine groups is 1. The van der Waals surface area contributed by atoms with Gasteiger partial charge in [-0.1, -0.05) is 26.0 Å². The van der Waals surface area contributed by atoms with Gasteiger partial charge in [-0.2, -0.15) is 0 Å². The topological polar surface area (TPSA) is 40.1 Å². The monoisotopic (exact) mass is 460 g/mol. The Morgan fingerprint density at radius 2 is 2.12 bits per heavy atom. The Bertz CT molecular complexity index is 560. The summed E-state index contributed by atoms with van der Waals surface area (Å²) in [6.07, 6.45) is 1.21. The Kier molecular flexibility index (Phi) is 8.99. The predicted molar refractivity (Wildman–Crippen MR) is 116 cm³/mol. The minimum Gasteiger partial charge on any atom is -0.492 e. The van der Waals surface area contributed by atoms with Crippen LogP contribution < -0.4 is 10.1 Å². The Morgan fingerprint density at radius 3 is 2.72 bits per heavy atom. The average Bonchev–Trinajstić information content (AvgIpc) is 2.88. The van der Waals surface area contributed by atoms with Crippen LogP contribution in [0.25, 0.3) is 0 Å². The third-order valence-corrected chi connectivity index (χ3v) is 4.35. The standard InChI is InChI=1S/C19H32N4O.HI/c1-19(2)9-10-23(15-19)18(20-3)21-14-16-7-6-8-17(13-16)24-12-11-22(4)5;/h6-8,13H,9-12,14-15H2,1-5H3,(H,20,21);1H. The van der Waals surface area contributed by atoms with Gasteiger partial charge >= 0.3 is 0 Å². The van der Waals surface area contributed by atoms with Gasteiger partial charge in [-0.15, -0.1) is 24.0 Å². The van der Waals surface area contributed by atoms with Gasteiger partial charge in [0.1, 0.15) is 12.4 Å². The summed E-state index contributed by atoms with van der Waals surface area (Å²) in [5.74, 6) is 1.91. The van der Waals surface area contributed by atoms with Crippen molar-refractivity contribution in [1.29, 1.82) is 0 Å². The molecule has 1 fully saturated rings. The van der Waals surface area contributed by atoms with Gasteiger partial charge in [0, 0.05) is 33.2 Å². The van der Waals surface area contributed by atoms with E-state index in [-0.39, 0.29) is 24.0 Å². The molecule has 2 rings (SSSR count). The number of likely N-dealkylation sites (tertiary alicyclic amines) is 1. The summed E-state index contributed by atoms with van der Waals surface area (Å²) in [5.41, 5.74) is 1.58. The van der Waals surface area contributed by atoms with Gasteiger partial charge in [-0.3, -0.25) is 4.99 Å². The summed E-state index contributed by atoms with van der Waals surface area (Å²) in [6.45, 7) is 9.13. The van der Waals surface area contributed by atoms with Crippen molar-refractivity contribution in [3.05, 3.63) is 29.8 Å². The number of likely N-dealkylation sites (N-methyl/N-ethyl adjacent to an activating group) is 1. The lowest BCUT2D eigenvalue weighted by Crippen LogP contribution is -2.40. The van der Waals surface area contributed by atoms with Gasteiger partial charge in [0.15, 0.2) is 5.96 Å². The molecule has 5 nitrogen and oxygen atoms in total. The summed E-state index contributed by atoms with van der Waals surface area (Å²) in [7, 11) is 5.96. The SMILES string of the molecule is CN=C(NCc1cccc(OCCN(C)C)c1)N1CCC(C)(C)C1.I. The molecule has 142 valence electrons. The number of nitrogens with zero attached hydrogens (tertiary/aromatic N) is 3. The molecule has 0 radical (unpaired) electrons. The largest absolute Gasteiger partial charge is 0.492 e. The summed E-state index contributed by atoms with van der Waals surface area (Å²) >= 11 is 0. The lowest BCUT2D eigenvalue weighted by Gasteiger charge is -2.23. The van der Waals surface area contributed by atoms with E-state index in [2.05, 4.69) is 60.2 Å². The number of aliphatic imine (C=N–C) groups is 1. The van der Waals surface area contributed by atoms with Gasteiger partial charge in [0.2, 0.25) is 0 Å². The molecular formula is C19H33IN4O. The zero-order valence-corrected chi connectivity index (χ0v) is 18.5. The molecule has 0 amide bonds. The van der Waals surface area contributed by atoms with Gasteiger partial charge in [0.25, 0.3) is 0 Å². The van der Waals surface area contributed by atoms with Gasteiger partial charge in [0.05, 0.1) is 0 Å². The van der Waals surface area contributed by atoms with E-state index >= 15 is 0 Å². The second-order valence-electron chi connectivity index (χ2n) is 7.54. The molecule has 1 N–H and O–H groups in total. The van der Waals surface area contributed by atoms with E-state index in [4.69, 9.17) is 4.74 Å². The summed E-state index contributed by atoms with van der Waals surface area (Å²) in [6, 6.07) is 8.28. The van der Waals surface area contributed by atoms with Gasteiger partial charge in [-0.05, 0) is 43.6 Å². The van der Waals surface area contributed by atoms with Crippen LogP contribution in [0, 0.1) is 5.41 Å². The van der Waals surface area contributed by atoms with Crippen molar-refractivity contribution in [2.24, 2.45) is 10.4 Å². The van der Waals surface area contributed by atoms with Crippen LogP contribution in [0.3, 0.4) is 0 Å². The highest BCUT2D eigenvalue weighted by molar-refractivity contribution is 14.0. The van der Waals surface area contributed by atoms with Crippen LogP contribution >= 0.6 is 24.0 Å². The fraction of sp³-hybridized carbons (Fsp3) is 0.632. The highest BCUT2D eigenvalue weighted by Gasteiger charge is 2.30. The summed E-state index contributed by atoms with van der Waals surface area (Å²) < 4.78 is 5.81. The Labute approximate surface area is 169 Å². The van der Waals surface area contributed by atoms with Crippen LogP contribution in [0.5, 0.6) is 5.75 Å². The number of hydrogen-bond donors (Lipinski definition) is 1. The maximum atomic E-state index is 5.81. The van der Waals surface area contributed by atoms with Crippen LogP contribution in [0.1, 0.15) is 25.8 Å². The average molecular weight is 460 g/mol. The van der Waals surface area contributed by atoms with E-state index in [0.717, 1.165) is 37.9 Å². The minimum atomic E-state index is 0. The van der Waals surface area contributed by atoms with Crippen LogP contribution in [0.15, 0.2) is 29.3 Å². The molecule has 25 heavy (non-hydrogen) atoms. The highest BCUT2D eigenvalue weighted by Crippen LogP contribution is 2.28. The molecule has 1 aromatic rings. The van der Waals surface area contributed by atoms with Gasteiger partial charge in [-0.25, -0.2) is 0 Å². The molecular weight excluding hydrogens is 427 g/mol. The molecule has 0 aliphatic carbocycles. The molecule has 0 spiro atoms. The van der Waals surface area contributed by atoms with E-state index in [1.165, 1.54) is 12.0 Å². The fourth-order valence-electron chi connectivity index (χ4n) is 2.90. The number of rotatable bonds is 6. The Balaban J connectivity index is 0.00000312. The fourth-order valence-corrected chi connectivity index (χ4v) is 2.90. The number of hydrogen-bond acceptors (Lipinski definition) is 3. The van der Waals surface area contributed by atoms with Gasteiger partial charge < -0.3 is 19.9 Å². The number of benzene rings is 1. The Hall–Kier alpha value is -1.02. The lowest BCUT2D eigenvalue weighted by atomic mass is 9.93. The van der Waals surface area contributed by atoms with Crippen molar-refractivity contribution in [3.63, 3.8) is 0 Å². The van der Waals surface area contributed by atoms with Crippen molar-refractivity contribution in [2.75, 3.05) is 47.4 Å². The highest BCUT2D eigenvalue weighted by atomic mass is 127. The van der Waals surface area contributed by atoms with Crippen molar-refractivity contribution in [3.8, 4) is 5.75 Å².